The average Bonchev–Trinajstić information content (AvgIpc) is 3.09. The van der Waals surface area contributed by atoms with Gasteiger partial charge in [0.2, 0.25) is 0 Å². The number of benzene rings is 1. The Hall–Kier alpha value is -1.57. The first-order chi connectivity index (χ1) is 11.8. The number of hydrogen-bond acceptors (Lipinski definition) is 2. The van der Waals surface area contributed by atoms with Gasteiger partial charge in [0.05, 0.1) is 18.4 Å². The number of guanidine groups is 1. The van der Waals surface area contributed by atoms with Crippen molar-refractivity contribution in [2.45, 2.75) is 33.2 Å². The SMILES string of the molecule is CCNC(=NCc1cnn(-c2ccccc2)c1)N1CCC(C)CC1.I. The van der Waals surface area contributed by atoms with Crippen molar-refractivity contribution in [3.8, 4) is 5.69 Å². The van der Waals surface area contributed by atoms with Crippen molar-refractivity contribution in [2.75, 3.05) is 19.6 Å². The van der Waals surface area contributed by atoms with Crippen LogP contribution in [0, 0.1) is 5.92 Å². The van der Waals surface area contributed by atoms with Gasteiger partial charge in [-0.05, 0) is 37.8 Å². The summed E-state index contributed by atoms with van der Waals surface area (Å²) in [7, 11) is 0. The van der Waals surface area contributed by atoms with Crippen LogP contribution < -0.4 is 5.32 Å². The minimum absolute atomic E-state index is 0. The van der Waals surface area contributed by atoms with Crippen LogP contribution in [-0.4, -0.2) is 40.3 Å². The zero-order valence-corrected chi connectivity index (χ0v) is 17.4. The monoisotopic (exact) mass is 453 g/mol. The van der Waals surface area contributed by atoms with Gasteiger partial charge in [-0.2, -0.15) is 5.10 Å². The summed E-state index contributed by atoms with van der Waals surface area (Å²) < 4.78 is 1.90. The molecule has 25 heavy (non-hydrogen) atoms. The lowest BCUT2D eigenvalue weighted by molar-refractivity contribution is 0.273. The van der Waals surface area contributed by atoms with Gasteiger partial charge in [0, 0.05) is 31.4 Å². The van der Waals surface area contributed by atoms with Crippen LogP contribution in [0.4, 0.5) is 0 Å². The Morgan fingerprint density at radius 1 is 1.24 bits per heavy atom. The Balaban J connectivity index is 0.00000225. The molecule has 1 aromatic heterocycles. The van der Waals surface area contributed by atoms with Gasteiger partial charge < -0.3 is 10.2 Å². The smallest absolute Gasteiger partial charge is 0.194 e. The summed E-state index contributed by atoms with van der Waals surface area (Å²) in [6.45, 7) is 8.19. The van der Waals surface area contributed by atoms with Crippen LogP contribution in [-0.2, 0) is 6.54 Å². The lowest BCUT2D eigenvalue weighted by atomic mass is 10.00. The first-order valence-electron chi connectivity index (χ1n) is 8.88. The molecule has 2 heterocycles. The van der Waals surface area contributed by atoms with E-state index in [4.69, 9.17) is 4.99 Å². The second-order valence-electron chi connectivity index (χ2n) is 6.47. The van der Waals surface area contributed by atoms with Gasteiger partial charge in [-0.3, -0.25) is 0 Å². The van der Waals surface area contributed by atoms with Crippen LogP contribution in [0.1, 0.15) is 32.3 Å². The maximum atomic E-state index is 4.82. The third kappa shape index (κ3) is 5.45. The molecule has 3 rings (SSSR count). The molecule has 0 saturated carbocycles. The van der Waals surface area contributed by atoms with E-state index in [1.807, 2.05) is 29.1 Å². The molecule has 1 N–H and O–H groups in total. The highest BCUT2D eigenvalue weighted by Gasteiger charge is 2.18. The standard InChI is InChI=1S/C19H27N5.HI/c1-3-20-19(23-11-9-16(2)10-12-23)21-13-17-14-22-24(15-17)18-7-5-4-6-8-18;/h4-8,14-16H,3,9-13H2,1-2H3,(H,20,21);1H. The molecule has 0 atom stereocenters. The molecule has 0 bridgehead atoms. The lowest BCUT2D eigenvalue weighted by Crippen LogP contribution is -2.45. The number of para-hydroxylation sites is 1. The molecule has 1 fully saturated rings. The minimum atomic E-state index is 0. The van der Waals surface area contributed by atoms with Gasteiger partial charge in [0.25, 0.3) is 0 Å². The summed E-state index contributed by atoms with van der Waals surface area (Å²) in [6, 6.07) is 10.2. The van der Waals surface area contributed by atoms with Gasteiger partial charge in [-0.15, -0.1) is 24.0 Å². The van der Waals surface area contributed by atoms with Gasteiger partial charge in [0.15, 0.2) is 5.96 Å². The maximum Gasteiger partial charge on any atom is 0.194 e. The summed E-state index contributed by atoms with van der Waals surface area (Å²) >= 11 is 0. The van der Waals surface area contributed by atoms with E-state index in [1.54, 1.807) is 0 Å². The van der Waals surface area contributed by atoms with E-state index in [1.165, 1.54) is 12.8 Å². The molecule has 1 aliphatic heterocycles. The second-order valence-corrected chi connectivity index (χ2v) is 6.47. The first kappa shape index (κ1) is 19.8. The Morgan fingerprint density at radius 3 is 2.64 bits per heavy atom. The van der Waals surface area contributed by atoms with Crippen molar-refractivity contribution >= 4 is 29.9 Å². The van der Waals surface area contributed by atoms with Crippen LogP contribution in [0.25, 0.3) is 5.69 Å². The van der Waals surface area contributed by atoms with Crippen molar-refractivity contribution < 1.29 is 0 Å². The Bertz CT molecular complexity index is 659. The van der Waals surface area contributed by atoms with Gasteiger partial charge in [-0.25, -0.2) is 9.67 Å². The molecule has 0 amide bonds. The Morgan fingerprint density at radius 2 is 1.96 bits per heavy atom. The van der Waals surface area contributed by atoms with Crippen LogP contribution in [0.3, 0.4) is 0 Å². The number of nitrogens with zero attached hydrogens (tertiary/aromatic N) is 4. The van der Waals surface area contributed by atoms with E-state index in [0.717, 1.165) is 42.8 Å². The fourth-order valence-electron chi connectivity index (χ4n) is 2.98. The highest BCUT2D eigenvalue weighted by molar-refractivity contribution is 14.0. The summed E-state index contributed by atoms with van der Waals surface area (Å²) in [5.41, 5.74) is 2.20. The number of piperidine rings is 1. The average molecular weight is 453 g/mol. The number of hydrogen-bond donors (Lipinski definition) is 1. The number of rotatable bonds is 4. The van der Waals surface area contributed by atoms with E-state index in [-0.39, 0.29) is 24.0 Å². The predicted molar refractivity (Wildman–Crippen MR) is 114 cm³/mol. The van der Waals surface area contributed by atoms with Crippen LogP contribution >= 0.6 is 24.0 Å². The molecule has 1 aliphatic rings. The predicted octanol–water partition coefficient (Wildman–Crippen LogP) is 3.69. The maximum absolute atomic E-state index is 4.82. The third-order valence-corrected chi connectivity index (χ3v) is 4.49. The fraction of sp³-hybridized carbons (Fsp3) is 0.474. The van der Waals surface area contributed by atoms with Gasteiger partial charge in [-0.1, -0.05) is 25.1 Å². The third-order valence-electron chi connectivity index (χ3n) is 4.49. The van der Waals surface area contributed by atoms with Crippen molar-refractivity contribution in [3.63, 3.8) is 0 Å². The van der Waals surface area contributed by atoms with Crippen molar-refractivity contribution in [1.82, 2.24) is 20.0 Å². The molecular weight excluding hydrogens is 425 g/mol. The fourth-order valence-corrected chi connectivity index (χ4v) is 2.98. The summed E-state index contributed by atoms with van der Waals surface area (Å²) in [5.74, 6) is 1.85. The summed E-state index contributed by atoms with van der Waals surface area (Å²) in [6.07, 6.45) is 6.45. The molecule has 0 spiro atoms. The molecule has 0 unspecified atom stereocenters. The first-order valence-corrected chi connectivity index (χ1v) is 8.88. The molecule has 0 aliphatic carbocycles. The van der Waals surface area contributed by atoms with Crippen molar-refractivity contribution in [3.05, 3.63) is 48.3 Å². The topological polar surface area (TPSA) is 45.5 Å². The highest BCUT2D eigenvalue weighted by atomic mass is 127. The lowest BCUT2D eigenvalue weighted by Gasteiger charge is -2.32. The Labute approximate surface area is 167 Å². The number of halogens is 1. The molecule has 5 nitrogen and oxygen atoms in total. The zero-order chi connectivity index (χ0) is 16.8. The van der Waals surface area contributed by atoms with E-state index in [0.29, 0.717) is 6.54 Å². The highest BCUT2D eigenvalue weighted by Crippen LogP contribution is 2.16. The summed E-state index contributed by atoms with van der Waals surface area (Å²) in [5, 5.41) is 7.87. The minimum Gasteiger partial charge on any atom is -0.357 e. The number of aromatic nitrogens is 2. The van der Waals surface area contributed by atoms with E-state index in [2.05, 4.69) is 47.5 Å². The molecule has 0 radical (unpaired) electrons. The quantitative estimate of drug-likeness (QED) is 0.437. The molecule has 6 heteroatoms. The van der Waals surface area contributed by atoms with E-state index >= 15 is 0 Å². The number of likely N-dealkylation sites (tertiary alicyclic amines) is 1. The second kappa shape index (κ2) is 9.79. The van der Waals surface area contributed by atoms with E-state index < -0.39 is 0 Å². The van der Waals surface area contributed by atoms with Crippen molar-refractivity contribution in [2.24, 2.45) is 10.9 Å². The number of nitrogens with one attached hydrogen (secondary N) is 1. The summed E-state index contributed by atoms with van der Waals surface area (Å²) in [4.78, 5) is 7.20. The van der Waals surface area contributed by atoms with Crippen LogP contribution in [0.5, 0.6) is 0 Å². The molecule has 1 aromatic carbocycles. The molecule has 136 valence electrons. The van der Waals surface area contributed by atoms with Gasteiger partial charge >= 0.3 is 0 Å². The molecule has 2 aromatic rings. The largest absolute Gasteiger partial charge is 0.357 e. The Kier molecular flexibility index (Phi) is 7.74. The van der Waals surface area contributed by atoms with Crippen molar-refractivity contribution in [1.29, 1.82) is 0 Å². The normalized spacial score (nSPS) is 15.8. The number of aliphatic imine (C=N–C) groups is 1. The van der Waals surface area contributed by atoms with Gasteiger partial charge in [0.1, 0.15) is 0 Å². The van der Waals surface area contributed by atoms with Crippen LogP contribution in [0.15, 0.2) is 47.7 Å². The van der Waals surface area contributed by atoms with Crippen LogP contribution in [0.2, 0.25) is 0 Å². The van der Waals surface area contributed by atoms with E-state index in [9.17, 15) is 0 Å². The molecule has 1 saturated heterocycles. The zero-order valence-electron chi connectivity index (χ0n) is 15.1. The molecular formula is C19H28IN5.